The Morgan fingerprint density at radius 1 is 1.20 bits per heavy atom. The molecule has 3 heterocycles. The second kappa shape index (κ2) is 9.67. The van der Waals surface area contributed by atoms with E-state index in [9.17, 15) is 4.79 Å². The van der Waals surface area contributed by atoms with E-state index in [1.165, 1.54) is 11.8 Å². The third-order valence-corrected chi connectivity index (χ3v) is 5.77. The molecule has 0 bridgehead atoms. The number of fused-ring (bicyclic) bond motifs is 1. The summed E-state index contributed by atoms with van der Waals surface area (Å²) in [6.07, 6.45) is 0. The summed E-state index contributed by atoms with van der Waals surface area (Å²) < 4.78 is 18.2. The van der Waals surface area contributed by atoms with Gasteiger partial charge in [0, 0.05) is 31.4 Å². The molecule has 4 rings (SSSR count). The average Bonchev–Trinajstić information content (AvgIpc) is 3.34. The minimum atomic E-state index is -0.104. The van der Waals surface area contributed by atoms with E-state index in [0.29, 0.717) is 23.1 Å². The summed E-state index contributed by atoms with van der Waals surface area (Å²) in [7, 11) is 0. The van der Waals surface area contributed by atoms with Crippen LogP contribution in [0.5, 0.6) is 11.5 Å². The standard InChI is InChI=1S/C20H27N5O4S/c1-14(2)10-25-18(11-24-5-7-27-8-6-24)22-23-20(25)30-12-19(26)21-15-3-4-16-17(9-15)29-13-28-16/h3-4,9,14H,5-8,10-13H2,1-2H3,(H,21,26). The Morgan fingerprint density at radius 3 is 2.80 bits per heavy atom. The van der Waals surface area contributed by atoms with Crippen molar-refractivity contribution in [2.75, 3.05) is 44.2 Å². The maximum absolute atomic E-state index is 12.5. The molecule has 2 aromatic rings. The van der Waals surface area contributed by atoms with Crippen molar-refractivity contribution in [1.82, 2.24) is 19.7 Å². The highest BCUT2D eigenvalue weighted by molar-refractivity contribution is 7.99. The first-order chi connectivity index (χ1) is 14.6. The molecule has 162 valence electrons. The van der Waals surface area contributed by atoms with Gasteiger partial charge in [-0.3, -0.25) is 9.69 Å². The van der Waals surface area contributed by atoms with E-state index >= 15 is 0 Å². The van der Waals surface area contributed by atoms with E-state index in [-0.39, 0.29) is 18.5 Å². The molecule has 10 heteroatoms. The summed E-state index contributed by atoms with van der Waals surface area (Å²) in [5.41, 5.74) is 0.682. The summed E-state index contributed by atoms with van der Waals surface area (Å²) in [5.74, 6) is 2.87. The third kappa shape index (κ3) is 5.24. The number of hydrogen-bond donors (Lipinski definition) is 1. The van der Waals surface area contributed by atoms with E-state index in [1.54, 1.807) is 18.2 Å². The molecule has 2 aliphatic heterocycles. The van der Waals surface area contributed by atoms with Crippen LogP contribution in [0.2, 0.25) is 0 Å². The fourth-order valence-corrected chi connectivity index (χ4v) is 4.12. The molecule has 0 unspecified atom stereocenters. The predicted molar refractivity (Wildman–Crippen MR) is 113 cm³/mol. The van der Waals surface area contributed by atoms with E-state index in [2.05, 4.69) is 38.8 Å². The number of morpholine rings is 1. The van der Waals surface area contributed by atoms with Crippen LogP contribution in [0.1, 0.15) is 19.7 Å². The summed E-state index contributed by atoms with van der Waals surface area (Å²) in [5, 5.41) is 12.4. The first kappa shape index (κ1) is 21.0. The fourth-order valence-electron chi connectivity index (χ4n) is 3.35. The minimum Gasteiger partial charge on any atom is -0.454 e. The van der Waals surface area contributed by atoms with E-state index < -0.39 is 0 Å². The number of thioether (sulfide) groups is 1. The highest BCUT2D eigenvalue weighted by Gasteiger charge is 2.19. The van der Waals surface area contributed by atoms with Crippen LogP contribution in [0, 0.1) is 5.92 Å². The summed E-state index contributed by atoms with van der Waals surface area (Å²) in [4.78, 5) is 14.8. The molecule has 9 nitrogen and oxygen atoms in total. The zero-order chi connectivity index (χ0) is 20.9. The summed E-state index contributed by atoms with van der Waals surface area (Å²) >= 11 is 1.40. The van der Waals surface area contributed by atoms with Crippen LogP contribution in [-0.4, -0.2) is 64.4 Å². The maximum Gasteiger partial charge on any atom is 0.234 e. The van der Waals surface area contributed by atoms with Gasteiger partial charge in [0.15, 0.2) is 16.7 Å². The molecule has 1 N–H and O–H groups in total. The largest absolute Gasteiger partial charge is 0.454 e. The predicted octanol–water partition coefficient (Wildman–Crippen LogP) is 2.23. The molecule has 0 atom stereocenters. The minimum absolute atomic E-state index is 0.104. The van der Waals surface area contributed by atoms with E-state index in [4.69, 9.17) is 14.2 Å². The number of amides is 1. The average molecular weight is 434 g/mol. The highest BCUT2D eigenvalue weighted by atomic mass is 32.2. The molecular weight excluding hydrogens is 406 g/mol. The number of ether oxygens (including phenoxy) is 3. The van der Waals surface area contributed by atoms with Crippen molar-refractivity contribution in [2.45, 2.75) is 32.1 Å². The lowest BCUT2D eigenvalue weighted by Gasteiger charge is -2.26. The molecule has 0 aliphatic carbocycles. The Labute approximate surface area is 180 Å². The zero-order valence-corrected chi connectivity index (χ0v) is 18.1. The number of nitrogens with zero attached hydrogens (tertiary/aromatic N) is 4. The number of rotatable bonds is 8. The van der Waals surface area contributed by atoms with Gasteiger partial charge in [0.1, 0.15) is 5.82 Å². The van der Waals surface area contributed by atoms with Crippen molar-refractivity contribution in [1.29, 1.82) is 0 Å². The van der Waals surface area contributed by atoms with Crippen LogP contribution in [-0.2, 0) is 22.6 Å². The normalized spacial score (nSPS) is 16.2. The summed E-state index contributed by atoms with van der Waals surface area (Å²) in [6, 6.07) is 5.37. The second-order valence-electron chi connectivity index (χ2n) is 7.70. The highest BCUT2D eigenvalue weighted by Crippen LogP contribution is 2.34. The Kier molecular flexibility index (Phi) is 6.76. The molecule has 2 aliphatic rings. The zero-order valence-electron chi connectivity index (χ0n) is 17.3. The molecule has 0 saturated carbocycles. The van der Waals surface area contributed by atoms with E-state index in [0.717, 1.165) is 50.4 Å². The van der Waals surface area contributed by atoms with Gasteiger partial charge in [0.25, 0.3) is 0 Å². The number of hydrogen-bond acceptors (Lipinski definition) is 8. The molecule has 1 aromatic carbocycles. The summed E-state index contributed by atoms with van der Waals surface area (Å²) in [6.45, 7) is 9.40. The smallest absolute Gasteiger partial charge is 0.234 e. The topological polar surface area (TPSA) is 90.7 Å². The van der Waals surface area contributed by atoms with Gasteiger partial charge in [-0.05, 0) is 18.1 Å². The van der Waals surface area contributed by atoms with Crippen molar-refractivity contribution in [3.63, 3.8) is 0 Å². The number of aromatic nitrogens is 3. The molecule has 1 saturated heterocycles. The molecule has 1 aromatic heterocycles. The Morgan fingerprint density at radius 2 is 2.00 bits per heavy atom. The van der Waals surface area contributed by atoms with Gasteiger partial charge in [0.05, 0.1) is 25.5 Å². The van der Waals surface area contributed by atoms with Crippen molar-refractivity contribution >= 4 is 23.4 Å². The SMILES string of the molecule is CC(C)Cn1c(CN2CCOCC2)nnc1SCC(=O)Nc1ccc2c(c1)OCO2. The lowest BCUT2D eigenvalue weighted by molar-refractivity contribution is -0.113. The van der Waals surface area contributed by atoms with Crippen LogP contribution in [0.4, 0.5) is 5.69 Å². The maximum atomic E-state index is 12.5. The van der Waals surface area contributed by atoms with Gasteiger partial charge in [-0.15, -0.1) is 10.2 Å². The number of carbonyl (C=O) groups excluding carboxylic acids is 1. The van der Waals surface area contributed by atoms with Crippen LogP contribution in [0.3, 0.4) is 0 Å². The molecule has 1 fully saturated rings. The third-order valence-electron chi connectivity index (χ3n) is 4.80. The van der Waals surface area contributed by atoms with Gasteiger partial charge in [-0.1, -0.05) is 25.6 Å². The first-order valence-electron chi connectivity index (χ1n) is 10.1. The van der Waals surface area contributed by atoms with Gasteiger partial charge < -0.3 is 24.1 Å². The quantitative estimate of drug-likeness (QED) is 0.634. The van der Waals surface area contributed by atoms with Crippen molar-refractivity contribution in [3.8, 4) is 11.5 Å². The Hall–Kier alpha value is -2.30. The second-order valence-corrected chi connectivity index (χ2v) is 8.64. The fraction of sp³-hybridized carbons (Fsp3) is 0.550. The van der Waals surface area contributed by atoms with Gasteiger partial charge in [0.2, 0.25) is 12.7 Å². The Balaban J connectivity index is 1.37. The lowest BCUT2D eigenvalue weighted by Crippen LogP contribution is -2.36. The Bertz CT molecular complexity index is 882. The van der Waals surface area contributed by atoms with Crippen LogP contribution in [0.25, 0.3) is 0 Å². The number of nitrogens with one attached hydrogen (secondary N) is 1. The number of anilines is 1. The molecule has 0 spiro atoms. The van der Waals surface area contributed by atoms with Crippen molar-refractivity contribution in [2.24, 2.45) is 5.92 Å². The monoisotopic (exact) mass is 433 g/mol. The van der Waals surface area contributed by atoms with Crippen molar-refractivity contribution in [3.05, 3.63) is 24.0 Å². The van der Waals surface area contributed by atoms with E-state index in [1.807, 2.05) is 0 Å². The molecule has 30 heavy (non-hydrogen) atoms. The van der Waals surface area contributed by atoms with Gasteiger partial charge >= 0.3 is 0 Å². The van der Waals surface area contributed by atoms with Crippen LogP contribution < -0.4 is 14.8 Å². The first-order valence-corrected chi connectivity index (χ1v) is 11.1. The number of benzene rings is 1. The van der Waals surface area contributed by atoms with Crippen LogP contribution in [0.15, 0.2) is 23.4 Å². The van der Waals surface area contributed by atoms with Crippen molar-refractivity contribution < 1.29 is 19.0 Å². The van der Waals surface area contributed by atoms with Gasteiger partial charge in [-0.2, -0.15) is 0 Å². The van der Waals surface area contributed by atoms with Gasteiger partial charge in [-0.25, -0.2) is 0 Å². The van der Waals surface area contributed by atoms with Crippen LogP contribution >= 0.6 is 11.8 Å². The molecule has 0 radical (unpaired) electrons. The number of carbonyl (C=O) groups is 1. The molecule has 1 amide bonds. The molecular formula is C20H27N5O4S. The lowest BCUT2D eigenvalue weighted by atomic mass is 10.2.